The first-order valence-electron chi connectivity index (χ1n) is 8.93. The summed E-state index contributed by atoms with van der Waals surface area (Å²) >= 11 is 18.7. The molecule has 0 radical (unpaired) electrons. The molecule has 2 nitrogen and oxygen atoms in total. The van der Waals surface area contributed by atoms with Gasteiger partial charge in [0.25, 0.3) is 5.82 Å². The Hall–Kier alpha value is -1.19. The highest BCUT2D eigenvalue weighted by atomic mass is 35.5. The Morgan fingerprint density at radius 2 is 1.74 bits per heavy atom. The van der Waals surface area contributed by atoms with Crippen LogP contribution in [0, 0.1) is 0 Å². The number of aromatic nitrogens is 2. The summed E-state index contributed by atoms with van der Waals surface area (Å²) in [6.07, 6.45) is 6.99. The average molecular weight is 443 g/mol. The molecule has 1 aromatic heterocycles. The number of hydrogen-bond donors (Lipinski definition) is 0. The van der Waals surface area contributed by atoms with Gasteiger partial charge >= 0.3 is 0 Å². The lowest BCUT2D eigenvalue weighted by Crippen LogP contribution is -2.37. The zero-order valence-electron chi connectivity index (χ0n) is 14.8. The minimum absolute atomic E-state index is 0. The van der Waals surface area contributed by atoms with Gasteiger partial charge in [-0.15, -0.1) is 12.4 Å². The molecule has 1 aliphatic heterocycles. The molecule has 0 N–H and O–H groups in total. The van der Waals surface area contributed by atoms with Crippen molar-refractivity contribution in [3.05, 3.63) is 75.1 Å². The SMILES string of the molecule is Cl.Clc1cccc(-c2c[n+](Cc3ccc(Cl)cc3Cl)c3n2CCCCC3)c1. The van der Waals surface area contributed by atoms with Gasteiger partial charge in [-0.3, -0.25) is 0 Å². The van der Waals surface area contributed by atoms with Crippen molar-refractivity contribution in [2.24, 2.45) is 0 Å². The van der Waals surface area contributed by atoms with E-state index in [0.29, 0.717) is 10.0 Å². The van der Waals surface area contributed by atoms with Gasteiger partial charge in [-0.25, -0.2) is 9.13 Å². The minimum atomic E-state index is 0. The van der Waals surface area contributed by atoms with E-state index < -0.39 is 0 Å². The van der Waals surface area contributed by atoms with Gasteiger partial charge in [-0.05, 0) is 43.5 Å². The standard InChI is InChI=1S/C21H20Cl3N2.ClH/c22-17-6-4-5-15(11-17)20-14-25(21-7-2-1-3-10-26(20)21)13-16-8-9-18(23)12-19(16)24;/h4-6,8-9,11-12,14H,1-3,7,10,13H2;1H/q+1;. The first-order valence-corrected chi connectivity index (χ1v) is 10.1. The summed E-state index contributed by atoms with van der Waals surface area (Å²) in [5.41, 5.74) is 3.45. The van der Waals surface area contributed by atoms with Crippen LogP contribution in [0.1, 0.15) is 30.7 Å². The fraction of sp³-hybridized carbons (Fsp3) is 0.286. The van der Waals surface area contributed by atoms with Crippen LogP contribution in [0.3, 0.4) is 0 Å². The van der Waals surface area contributed by atoms with Crippen LogP contribution in [-0.2, 0) is 19.5 Å². The molecular weight excluding hydrogens is 422 g/mol. The molecule has 2 heterocycles. The molecule has 0 bridgehead atoms. The summed E-state index contributed by atoms with van der Waals surface area (Å²) in [7, 11) is 0. The number of fused-ring (bicyclic) bond motifs is 1. The maximum absolute atomic E-state index is 6.42. The second-order valence-electron chi connectivity index (χ2n) is 6.77. The Morgan fingerprint density at radius 3 is 2.52 bits per heavy atom. The Balaban J connectivity index is 0.00000210. The van der Waals surface area contributed by atoms with E-state index in [4.69, 9.17) is 34.8 Å². The third-order valence-corrected chi connectivity index (χ3v) is 5.79. The summed E-state index contributed by atoms with van der Waals surface area (Å²) in [6, 6.07) is 13.8. The molecule has 0 unspecified atom stereocenters. The van der Waals surface area contributed by atoms with E-state index in [2.05, 4.69) is 21.4 Å². The maximum Gasteiger partial charge on any atom is 0.257 e. The summed E-state index contributed by atoms with van der Waals surface area (Å²) < 4.78 is 4.78. The zero-order chi connectivity index (χ0) is 18.1. The number of imidazole rings is 1. The van der Waals surface area contributed by atoms with Crippen molar-refractivity contribution >= 4 is 47.2 Å². The average Bonchev–Trinajstić information content (AvgIpc) is 2.79. The molecule has 0 saturated carbocycles. The van der Waals surface area contributed by atoms with Crippen molar-refractivity contribution in [2.75, 3.05) is 0 Å². The Kier molecular flexibility index (Phi) is 6.75. The Labute approximate surface area is 181 Å². The third-order valence-electron chi connectivity index (χ3n) is 4.97. The minimum Gasteiger partial charge on any atom is -0.229 e. The van der Waals surface area contributed by atoms with Gasteiger partial charge in [0.1, 0.15) is 12.7 Å². The van der Waals surface area contributed by atoms with Crippen LogP contribution >= 0.6 is 47.2 Å². The number of nitrogens with zero attached hydrogens (tertiary/aromatic N) is 2. The molecule has 2 aromatic carbocycles. The molecule has 142 valence electrons. The first kappa shape index (κ1) is 20.5. The van der Waals surface area contributed by atoms with E-state index in [1.54, 1.807) is 0 Å². The second kappa shape index (κ2) is 8.87. The molecule has 6 heteroatoms. The lowest BCUT2D eigenvalue weighted by atomic mass is 10.1. The largest absolute Gasteiger partial charge is 0.257 e. The number of hydrogen-bond acceptors (Lipinski definition) is 0. The smallest absolute Gasteiger partial charge is 0.229 e. The van der Waals surface area contributed by atoms with E-state index in [9.17, 15) is 0 Å². The van der Waals surface area contributed by atoms with Crippen molar-refractivity contribution in [1.29, 1.82) is 0 Å². The summed E-state index contributed by atoms with van der Waals surface area (Å²) in [5, 5.41) is 2.14. The molecule has 0 spiro atoms. The molecule has 27 heavy (non-hydrogen) atoms. The normalized spacial score (nSPS) is 13.6. The second-order valence-corrected chi connectivity index (χ2v) is 8.05. The summed E-state index contributed by atoms with van der Waals surface area (Å²) in [5.74, 6) is 1.35. The van der Waals surface area contributed by atoms with E-state index in [0.717, 1.165) is 35.7 Å². The molecule has 3 aromatic rings. The van der Waals surface area contributed by atoms with Gasteiger partial charge < -0.3 is 0 Å². The van der Waals surface area contributed by atoms with Crippen LogP contribution < -0.4 is 4.57 Å². The maximum atomic E-state index is 6.42. The third kappa shape index (κ3) is 4.46. The molecule has 0 fully saturated rings. The first-order chi connectivity index (χ1) is 12.6. The van der Waals surface area contributed by atoms with Crippen LogP contribution in [-0.4, -0.2) is 4.57 Å². The molecular formula is C21H21Cl4N2+. The van der Waals surface area contributed by atoms with Crippen LogP contribution in [0.25, 0.3) is 11.3 Å². The van der Waals surface area contributed by atoms with Crippen molar-refractivity contribution in [1.82, 2.24) is 4.57 Å². The Morgan fingerprint density at radius 1 is 0.926 bits per heavy atom. The predicted molar refractivity (Wildman–Crippen MR) is 115 cm³/mol. The molecule has 0 saturated heterocycles. The lowest BCUT2D eigenvalue weighted by molar-refractivity contribution is -0.695. The van der Waals surface area contributed by atoms with Crippen LogP contribution in [0.15, 0.2) is 48.7 Å². The molecule has 1 aliphatic rings. The number of benzene rings is 2. The highest BCUT2D eigenvalue weighted by Crippen LogP contribution is 2.27. The molecule has 0 aliphatic carbocycles. The summed E-state index contributed by atoms with van der Waals surface area (Å²) in [6.45, 7) is 1.78. The van der Waals surface area contributed by atoms with Gasteiger partial charge in [0.05, 0.1) is 6.54 Å². The van der Waals surface area contributed by atoms with Crippen LogP contribution in [0.2, 0.25) is 15.1 Å². The zero-order valence-corrected chi connectivity index (χ0v) is 17.9. The predicted octanol–water partition coefficient (Wildman–Crippen LogP) is 6.60. The highest BCUT2D eigenvalue weighted by molar-refractivity contribution is 6.35. The fourth-order valence-corrected chi connectivity index (χ4v) is 4.35. The lowest BCUT2D eigenvalue weighted by Gasteiger charge is -2.05. The molecule has 4 rings (SSSR count). The van der Waals surface area contributed by atoms with E-state index >= 15 is 0 Å². The van der Waals surface area contributed by atoms with Gasteiger partial charge in [0, 0.05) is 32.6 Å². The number of halogens is 4. The van der Waals surface area contributed by atoms with E-state index in [1.807, 2.05) is 36.4 Å². The van der Waals surface area contributed by atoms with Gasteiger partial charge in [-0.1, -0.05) is 53.0 Å². The molecule has 0 atom stereocenters. The van der Waals surface area contributed by atoms with Crippen molar-refractivity contribution in [3.8, 4) is 11.3 Å². The van der Waals surface area contributed by atoms with Crippen molar-refractivity contribution in [2.45, 2.75) is 38.8 Å². The number of rotatable bonds is 3. The van der Waals surface area contributed by atoms with E-state index in [1.165, 1.54) is 30.8 Å². The topological polar surface area (TPSA) is 8.81 Å². The monoisotopic (exact) mass is 441 g/mol. The molecule has 0 amide bonds. The Bertz CT molecular complexity index is 949. The van der Waals surface area contributed by atoms with Crippen LogP contribution in [0.4, 0.5) is 0 Å². The van der Waals surface area contributed by atoms with Gasteiger partial charge in [0.2, 0.25) is 0 Å². The van der Waals surface area contributed by atoms with Gasteiger partial charge in [0.15, 0.2) is 5.69 Å². The van der Waals surface area contributed by atoms with Crippen molar-refractivity contribution < 1.29 is 4.57 Å². The fourth-order valence-electron chi connectivity index (χ4n) is 3.69. The van der Waals surface area contributed by atoms with E-state index in [-0.39, 0.29) is 12.4 Å². The highest BCUT2D eigenvalue weighted by Gasteiger charge is 2.26. The summed E-state index contributed by atoms with van der Waals surface area (Å²) in [4.78, 5) is 0. The van der Waals surface area contributed by atoms with Gasteiger partial charge in [-0.2, -0.15) is 0 Å². The van der Waals surface area contributed by atoms with Crippen LogP contribution in [0.5, 0.6) is 0 Å². The van der Waals surface area contributed by atoms with Crippen molar-refractivity contribution in [3.63, 3.8) is 0 Å². The quantitative estimate of drug-likeness (QED) is 0.404.